The molecule has 0 saturated heterocycles. The topological polar surface area (TPSA) is 44.5 Å². The van der Waals surface area contributed by atoms with E-state index in [1.165, 1.54) is 0 Å². The molecule has 0 atom stereocenters. The maximum absolute atomic E-state index is 5.22. The normalized spacial score (nSPS) is 10.4. The molecule has 0 aliphatic carbocycles. The van der Waals surface area contributed by atoms with E-state index in [-0.39, 0.29) is 0 Å². The van der Waals surface area contributed by atoms with Gasteiger partial charge in [-0.25, -0.2) is 0 Å². The number of hydrogen-bond acceptors (Lipinski definition) is 3. The third-order valence-electron chi connectivity index (χ3n) is 1.10. The molecule has 0 aliphatic rings. The molecule has 0 aromatic rings. The molecule has 2 N–H and O–H groups in total. The van der Waals surface area contributed by atoms with Crippen molar-refractivity contribution in [1.29, 1.82) is 0 Å². The van der Waals surface area contributed by atoms with Gasteiger partial charge in [-0.1, -0.05) is 6.04 Å². The Kier molecular flexibility index (Phi) is 10.2. The number of rotatable bonds is 8. The van der Waals surface area contributed by atoms with E-state index in [0.29, 0.717) is 26.4 Å². The van der Waals surface area contributed by atoms with E-state index in [0.717, 1.165) is 19.1 Å². The van der Waals surface area contributed by atoms with Crippen LogP contribution in [0.2, 0.25) is 6.04 Å². The quantitative estimate of drug-likeness (QED) is 0.415. The van der Waals surface area contributed by atoms with Crippen LogP contribution in [0.15, 0.2) is 0 Å². The molecule has 4 heteroatoms. The van der Waals surface area contributed by atoms with Crippen LogP contribution in [0, 0.1) is 0 Å². The highest BCUT2D eigenvalue weighted by molar-refractivity contribution is 6.08. The van der Waals surface area contributed by atoms with E-state index in [4.69, 9.17) is 15.2 Å². The lowest BCUT2D eigenvalue weighted by Gasteiger charge is -2.03. The molecule has 0 fully saturated rings. The Bertz CT molecular complexity index is 65.5. The number of hydrogen-bond donors (Lipinski definition) is 1. The first kappa shape index (κ1) is 11.1. The SMILES string of the molecule is NCCOCCOCCC[Si]. The summed E-state index contributed by atoms with van der Waals surface area (Å²) in [6, 6.07) is 0.990. The fourth-order valence-electron chi connectivity index (χ4n) is 0.580. The van der Waals surface area contributed by atoms with Crippen LogP contribution in [0.5, 0.6) is 0 Å². The summed E-state index contributed by atoms with van der Waals surface area (Å²) in [5, 5.41) is 0. The van der Waals surface area contributed by atoms with Gasteiger partial charge in [0.25, 0.3) is 0 Å². The van der Waals surface area contributed by atoms with Gasteiger partial charge in [-0.2, -0.15) is 0 Å². The molecule has 0 aliphatic heterocycles. The van der Waals surface area contributed by atoms with Gasteiger partial charge in [-0.3, -0.25) is 0 Å². The minimum absolute atomic E-state index is 0.584. The van der Waals surface area contributed by atoms with Crippen molar-refractivity contribution in [2.45, 2.75) is 12.5 Å². The third-order valence-corrected chi connectivity index (χ3v) is 1.45. The Balaban J connectivity index is 2.69. The summed E-state index contributed by atoms with van der Waals surface area (Å²) < 4.78 is 10.3. The van der Waals surface area contributed by atoms with Crippen LogP contribution in [-0.4, -0.2) is 43.2 Å². The average molecular weight is 174 g/mol. The minimum Gasteiger partial charge on any atom is -0.379 e. The van der Waals surface area contributed by atoms with Crippen LogP contribution in [0.3, 0.4) is 0 Å². The van der Waals surface area contributed by atoms with Crippen molar-refractivity contribution in [2.75, 3.05) is 33.0 Å². The Morgan fingerprint density at radius 2 is 1.64 bits per heavy atom. The van der Waals surface area contributed by atoms with Crippen LogP contribution in [-0.2, 0) is 9.47 Å². The molecule has 11 heavy (non-hydrogen) atoms. The van der Waals surface area contributed by atoms with Gasteiger partial charge in [0.2, 0.25) is 0 Å². The van der Waals surface area contributed by atoms with Crippen molar-refractivity contribution in [3.05, 3.63) is 0 Å². The molecule has 0 amide bonds. The minimum atomic E-state index is 0.584. The summed E-state index contributed by atoms with van der Waals surface area (Å²) in [4.78, 5) is 0. The lowest BCUT2D eigenvalue weighted by atomic mass is 10.5. The lowest BCUT2D eigenvalue weighted by molar-refractivity contribution is 0.0510. The van der Waals surface area contributed by atoms with Crippen molar-refractivity contribution in [1.82, 2.24) is 0 Å². The Hall–Kier alpha value is 0.0969. The second-order valence-electron chi connectivity index (χ2n) is 2.12. The Morgan fingerprint density at radius 1 is 1.00 bits per heavy atom. The van der Waals surface area contributed by atoms with E-state index in [2.05, 4.69) is 10.2 Å². The molecule has 0 saturated carbocycles. The zero-order valence-corrected chi connectivity index (χ0v) is 7.84. The van der Waals surface area contributed by atoms with E-state index in [1.807, 2.05) is 0 Å². The molecule has 0 bridgehead atoms. The summed E-state index contributed by atoms with van der Waals surface area (Å²) in [6.45, 7) is 3.34. The second-order valence-corrected chi connectivity index (χ2v) is 2.62. The fraction of sp³-hybridized carbons (Fsp3) is 1.00. The number of nitrogens with two attached hydrogens (primary N) is 1. The van der Waals surface area contributed by atoms with Crippen molar-refractivity contribution < 1.29 is 9.47 Å². The molecular weight excluding hydrogens is 158 g/mol. The van der Waals surface area contributed by atoms with Gasteiger partial charge in [-0.05, 0) is 6.42 Å². The summed E-state index contributed by atoms with van der Waals surface area (Å²) in [5.74, 6) is 0. The van der Waals surface area contributed by atoms with Crippen molar-refractivity contribution >= 4 is 10.2 Å². The molecular formula is C7H16NO2Si. The highest BCUT2D eigenvalue weighted by Crippen LogP contribution is 1.86. The smallest absolute Gasteiger partial charge is 0.0701 e. The molecule has 3 nitrogen and oxygen atoms in total. The van der Waals surface area contributed by atoms with E-state index in [1.54, 1.807) is 0 Å². The summed E-state index contributed by atoms with van der Waals surface area (Å²) in [6.07, 6.45) is 1.05. The largest absolute Gasteiger partial charge is 0.379 e. The first-order valence-electron chi connectivity index (χ1n) is 3.92. The van der Waals surface area contributed by atoms with Crippen LogP contribution in [0.1, 0.15) is 6.42 Å². The molecule has 0 heterocycles. The van der Waals surface area contributed by atoms with Gasteiger partial charge in [0.15, 0.2) is 0 Å². The van der Waals surface area contributed by atoms with E-state index in [9.17, 15) is 0 Å². The second kappa shape index (κ2) is 10.1. The zero-order chi connectivity index (χ0) is 8.36. The number of ether oxygens (including phenoxy) is 2. The van der Waals surface area contributed by atoms with Crippen molar-refractivity contribution in [2.24, 2.45) is 5.73 Å². The summed E-state index contributed by atoms with van der Waals surface area (Å²) in [7, 11) is 3.36. The fourth-order valence-corrected chi connectivity index (χ4v) is 0.724. The predicted octanol–water partition coefficient (Wildman–Crippen LogP) is -0.0448. The van der Waals surface area contributed by atoms with Gasteiger partial charge in [0.05, 0.1) is 19.8 Å². The molecule has 3 radical (unpaired) electrons. The third kappa shape index (κ3) is 10.1. The first-order valence-corrected chi connectivity index (χ1v) is 4.62. The van der Waals surface area contributed by atoms with Crippen LogP contribution in [0.25, 0.3) is 0 Å². The van der Waals surface area contributed by atoms with Crippen LogP contribution < -0.4 is 5.73 Å². The summed E-state index contributed by atoms with van der Waals surface area (Å²) >= 11 is 0. The highest BCUT2D eigenvalue weighted by atomic mass is 28.1. The van der Waals surface area contributed by atoms with E-state index >= 15 is 0 Å². The van der Waals surface area contributed by atoms with Gasteiger partial charge in [0.1, 0.15) is 0 Å². The van der Waals surface area contributed by atoms with Gasteiger partial charge < -0.3 is 15.2 Å². The van der Waals surface area contributed by atoms with Crippen molar-refractivity contribution in [3.8, 4) is 0 Å². The molecule has 65 valence electrons. The standard InChI is InChI=1S/C7H16NO2Si/c8-2-4-10-6-5-9-3-1-7-11/h1-8H2. The Labute approximate surface area is 71.7 Å². The van der Waals surface area contributed by atoms with E-state index < -0.39 is 0 Å². The van der Waals surface area contributed by atoms with Crippen molar-refractivity contribution in [3.63, 3.8) is 0 Å². The van der Waals surface area contributed by atoms with Gasteiger partial charge in [-0.15, -0.1) is 0 Å². The maximum Gasteiger partial charge on any atom is 0.0701 e. The predicted molar refractivity (Wildman–Crippen MR) is 45.9 cm³/mol. The first-order chi connectivity index (χ1) is 5.41. The highest BCUT2D eigenvalue weighted by Gasteiger charge is 1.87. The van der Waals surface area contributed by atoms with Crippen LogP contribution >= 0.6 is 0 Å². The van der Waals surface area contributed by atoms with Crippen LogP contribution in [0.4, 0.5) is 0 Å². The lowest BCUT2D eigenvalue weighted by Crippen LogP contribution is -2.12. The molecule has 0 aromatic heterocycles. The van der Waals surface area contributed by atoms with Gasteiger partial charge in [0, 0.05) is 23.4 Å². The average Bonchev–Trinajstić information content (AvgIpc) is 2.03. The molecule has 0 unspecified atom stereocenters. The monoisotopic (exact) mass is 174 g/mol. The Morgan fingerprint density at radius 3 is 2.18 bits per heavy atom. The van der Waals surface area contributed by atoms with Gasteiger partial charge >= 0.3 is 0 Å². The zero-order valence-electron chi connectivity index (χ0n) is 6.84. The molecule has 0 rings (SSSR count). The molecule has 0 aromatic carbocycles. The summed E-state index contributed by atoms with van der Waals surface area (Å²) in [5.41, 5.74) is 5.22. The molecule has 0 spiro atoms. The maximum atomic E-state index is 5.22.